The van der Waals surface area contributed by atoms with Crippen LogP contribution in [0.15, 0.2) is 24.3 Å². The molecule has 1 aromatic carbocycles. The minimum Gasteiger partial charge on any atom is -0.363 e. The lowest BCUT2D eigenvalue weighted by molar-refractivity contribution is -0.120. The van der Waals surface area contributed by atoms with Gasteiger partial charge in [-0.15, -0.1) is 0 Å². The highest BCUT2D eigenvalue weighted by molar-refractivity contribution is 5.78. The molecule has 2 rings (SSSR count). The lowest BCUT2D eigenvalue weighted by Crippen LogP contribution is -2.30. The third-order valence-electron chi connectivity index (χ3n) is 3.40. The maximum absolute atomic E-state index is 13.5. The maximum atomic E-state index is 13.5. The molecule has 0 atom stereocenters. The van der Waals surface area contributed by atoms with Gasteiger partial charge in [0.1, 0.15) is 17.5 Å². The van der Waals surface area contributed by atoms with Crippen LogP contribution in [0.2, 0.25) is 0 Å². The minimum absolute atomic E-state index is 0.141. The number of aryl methyl sites for hydroxylation is 1. The number of aromatic nitrogens is 2. The van der Waals surface area contributed by atoms with Gasteiger partial charge in [0, 0.05) is 45.0 Å². The highest BCUT2D eigenvalue weighted by Gasteiger charge is 2.09. The van der Waals surface area contributed by atoms with E-state index in [1.165, 1.54) is 6.07 Å². The van der Waals surface area contributed by atoms with Gasteiger partial charge < -0.3 is 15.5 Å². The van der Waals surface area contributed by atoms with E-state index in [9.17, 15) is 13.6 Å². The predicted molar refractivity (Wildman–Crippen MR) is 92.7 cm³/mol. The van der Waals surface area contributed by atoms with Gasteiger partial charge in [0.15, 0.2) is 0 Å². The summed E-state index contributed by atoms with van der Waals surface area (Å²) in [7, 11) is 3.78. The van der Waals surface area contributed by atoms with Crippen molar-refractivity contribution in [3.63, 3.8) is 0 Å². The van der Waals surface area contributed by atoms with Crippen molar-refractivity contribution in [1.29, 1.82) is 0 Å². The maximum Gasteiger partial charge on any atom is 0.224 e. The van der Waals surface area contributed by atoms with Gasteiger partial charge in [-0.25, -0.2) is 13.8 Å². The molecule has 0 spiro atoms. The zero-order valence-electron chi connectivity index (χ0n) is 14.4. The van der Waals surface area contributed by atoms with Crippen molar-refractivity contribution >= 4 is 17.7 Å². The molecule has 8 heteroatoms. The number of halogens is 2. The molecule has 0 bridgehead atoms. The standard InChI is InChI=1S/C17H21F2N5O/c1-11-8-15(24(2)3)23-17(22-11)21-7-6-20-16(25)9-12-4-5-13(18)10-14(12)19/h4-5,8,10H,6-7,9H2,1-3H3,(H,20,25)(H,21,22,23). The number of hydrogen-bond acceptors (Lipinski definition) is 5. The van der Waals surface area contributed by atoms with E-state index >= 15 is 0 Å². The molecule has 1 heterocycles. The topological polar surface area (TPSA) is 70.2 Å². The van der Waals surface area contributed by atoms with E-state index in [0.29, 0.717) is 19.0 Å². The number of carbonyl (C=O) groups excluding carboxylic acids is 1. The first-order valence-corrected chi connectivity index (χ1v) is 7.82. The Labute approximate surface area is 145 Å². The summed E-state index contributed by atoms with van der Waals surface area (Å²) in [5.41, 5.74) is 0.988. The van der Waals surface area contributed by atoms with Crippen molar-refractivity contribution in [2.45, 2.75) is 13.3 Å². The number of nitrogens with zero attached hydrogens (tertiary/aromatic N) is 3. The second-order valence-corrected chi connectivity index (χ2v) is 5.77. The molecule has 0 aliphatic carbocycles. The normalized spacial score (nSPS) is 10.4. The third-order valence-corrected chi connectivity index (χ3v) is 3.40. The lowest BCUT2D eigenvalue weighted by Gasteiger charge is -2.14. The second kappa shape index (κ2) is 8.36. The van der Waals surface area contributed by atoms with Crippen molar-refractivity contribution in [2.75, 3.05) is 37.4 Å². The van der Waals surface area contributed by atoms with Gasteiger partial charge in [-0.3, -0.25) is 4.79 Å². The van der Waals surface area contributed by atoms with Crippen LogP contribution >= 0.6 is 0 Å². The Morgan fingerprint density at radius 2 is 1.92 bits per heavy atom. The summed E-state index contributed by atoms with van der Waals surface area (Å²) in [4.78, 5) is 22.3. The summed E-state index contributed by atoms with van der Waals surface area (Å²) in [5, 5.41) is 5.70. The van der Waals surface area contributed by atoms with Gasteiger partial charge in [0.25, 0.3) is 0 Å². The molecule has 2 N–H and O–H groups in total. The second-order valence-electron chi connectivity index (χ2n) is 5.77. The molecule has 25 heavy (non-hydrogen) atoms. The van der Waals surface area contributed by atoms with E-state index in [1.807, 2.05) is 32.0 Å². The highest BCUT2D eigenvalue weighted by atomic mass is 19.1. The highest BCUT2D eigenvalue weighted by Crippen LogP contribution is 2.12. The quantitative estimate of drug-likeness (QED) is 0.747. The van der Waals surface area contributed by atoms with Crippen molar-refractivity contribution < 1.29 is 13.6 Å². The van der Waals surface area contributed by atoms with Crippen LogP contribution in [-0.4, -0.2) is 43.1 Å². The monoisotopic (exact) mass is 349 g/mol. The number of anilines is 2. The summed E-state index contributed by atoms with van der Waals surface area (Å²) in [6.45, 7) is 2.63. The Balaban J connectivity index is 1.80. The molecular weight excluding hydrogens is 328 g/mol. The summed E-state index contributed by atoms with van der Waals surface area (Å²) in [6.07, 6.45) is -0.141. The molecule has 0 saturated heterocycles. The van der Waals surface area contributed by atoms with E-state index < -0.39 is 11.6 Å². The van der Waals surface area contributed by atoms with Crippen molar-refractivity contribution in [3.8, 4) is 0 Å². The van der Waals surface area contributed by atoms with Crippen LogP contribution in [0.5, 0.6) is 0 Å². The number of carbonyl (C=O) groups is 1. The predicted octanol–water partition coefficient (Wildman–Crippen LogP) is 1.90. The van der Waals surface area contributed by atoms with Gasteiger partial charge in [-0.1, -0.05) is 6.07 Å². The van der Waals surface area contributed by atoms with E-state index in [1.54, 1.807) is 0 Å². The summed E-state index contributed by atoms with van der Waals surface area (Å²) >= 11 is 0. The number of benzene rings is 1. The van der Waals surface area contributed by atoms with Crippen molar-refractivity contribution in [1.82, 2.24) is 15.3 Å². The van der Waals surface area contributed by atoms with Crippen LogP contribution in [0.3, 0.4) is 0 Å². The smallest absolute Gasteiger partial charge is 0.224 e. The largest absolute Gasteiger partial charge is 0.363 e. The molecule has 0 aliphatic rings. The Hall–Kier alpha value is -2.77. The Bertz CT molecular complexity index is 752. The van der Waals surface area contributed by atoms with Gasteiger partial charge in [0.05, 0.1) is 6.42 Å². The minimum atomic E-state index is -0.724. The average Bonchev–Trinajstić information content (AvgIpc) is 2.54. The Morgan fingerprint density at radius 1 is 1.16 bits per heavy atom. The molecule has 0 fully saturated rings. The van der Waals surface area contributed by atoms with Crippen LogP contribution in [0.1, 0.15) is 11.3 Å². The summed E-state index contributed by atoms with van der Waals surface area (Å²) < 4.78 is 26.3. The molecule has 6 nitrogen and oxygen atoms in total. The van der Waals surface area contributed by atoms with Gasteiger partial charge in [-0.05, 0) is 18.6 Å². The van der Waals surface area contributed by atoms with Gasteiger partial charge in [0.2, 0.25) is 11.9 Å². The van der Waals surface area contributed by atoms with Crippen molar-refractivity contribution in [3.05, 3.63) is 47.2 Å². The molecule has 0 radical (unpaired) electrons. The number of hydrogen-bond donors (Lipinski definition) is 2. The van der Waals surface area contributed by atoms with E-state index in [2.05, 4.69) is 20.6 Å². The van der Waals surface area contributed by atoms with E-state index in [0.717, 1.165) is 23.6 Å². The SMILES string of the molecule is Cc1cc(N(C)C)nc(NCCNC(=O)Cc2ccc(F)cc2F)n1. The van der Waals surface area contributed by atoms with Crippen LogP contribution in [0.4, 0.5) is 20.5 Å². The zero-order valence-corrected chi connectivity index (χ0v) is 14.4. The zero-order chi connectivity index (χ0) is 18.4. The molecule has 2 aromatic rings. The van der Waals surface area contributed by atoms with Crippen LogP contribution < -0.4 is 15.5 Å². The average molecular weight is 349 g/mol. The molecule has 134 valence electrons. The van der Waals surface area contributed by atoms with E-state index in [-0.39, 0.29) is 17.9 Å². The molecule has 1 amide bonds. The fourth-order valence-corrected chi connectivity index (χ4v) is 2.14. The molecular formula is C17H21F2N5O. The molecule has 1 aromatic heterocycles. The fraction of sp³-hybridized carbons (Fsp3) is 0.353. The molecule has 0 saturated carbocycles. The van der Waals surface area contributed by atoms with Crippen LogP contribution in [-0.2, 0) is 11.2 Å². The Morgan fingerprint density at radius 3 is 2.60 bits per heavy atom. The number of nitrogens with one attached hydrogen (secondary N) is 2. The fourth-order valence-electron chi connectivity index (χ4n) is 2.14. The molecule has 0 unspecified atom stereocenters. The summed E-state index contributed by atoms with van der Waals surface area (Å²) in [5.74, 6) is -0.474. The first-order chi connectivity index (χ1) is 11.8. The first-order valence-electron chi connectivity index (χ1n) is 7.82. The first kappa shape index (κ1) is 18.6. The van der Waals surface area contributed by atoms with Crippen molar-refractivity contribution in [2.24, 2.45) is 0 Å². The van der Waals surface area contributed by atoms with Crippen LogP contribution in [0.25, 0.3) is 0 Å². The number of rotatable bonds is 7. The Kier molecular flexibility index (Phi) is 6.21. The van der Waals surface area contributed by atoms with Crippen LogP contribution in [0, 0.1) is 18.6 Å². The van der Waals surface area contributed by atoms with E-state index in [4.69, 9.17) is 0 Å². The third kappa shape index (κ3) is 5.66. The van der Waals surface area contributed by atoms with Gasteiger partial charge in [-0.2, -0.15) is 4.98 Å². The molecule has 0 aliphatic heterocycles. The summed E-state index contributed by atoms with van der Waals surface area (Å²) in [6, 6.07) is 5.03. The van der Waals surface area contributed by atoms with Gasteiger partial charge >= 0.3 is 0 Å². The lowest BCUT2D eigenvalue weighted by atomic mass is 10.1. The number of amides is 1.